The number of carboxylic acids is 1. The lowest BCUT2D eigenvalue weighted by molar-refractivity contribution is -0.141. The number of carbonyl (C=O) groups is 2. The Morgan fingerprint density at radius 2 is 1.54 bits per heavy atom. The Kier molecular flexibility index (Phi) is 7.18. The summed E-state index contributed by atoms with van der Waals surface area (Å²) in [4.78, 5) is 23.6. The minimum Gasteiger partial charge on any atom is -0.480 e. The second-order valence-corrected chi connectivity index (χ2v) is 12.9. The van der Waals surface area contributed by atoms with Gasteiger partial charge in [-0.15, -0.1) is 0 Å². The largest absolute Gasteiger partial charge is 0.480 e. The zero-order chi connectivity index (χ0) is 18.7. The minimum absolute atomic E-state index is 0.175. The molecule has 0 radical (unpaired) electrons. The molecule has 1 rings (SSSR count). The van der Waals surface area contributed by atoms with Crippen LogP contribution in [0, 0.1) is 6.92 Å². The molecule has 0 saturated carbocycles. The fourth-order valence-electron chi connectivity index (χ4n) is 3.16. The fourth-order valence-corrected chi connectivity index (χ4v) is 7.67. The van der Waals surface area contributed by atoms with Crippen molar-refractivity contribution in [1.29, 1.82) is 0 Å². The Hall–Kier alpha value is -1.19. The highest BCUT2D eigenvalue weighted by molar-refractivity contribution is 8.15. The Labute approximate surface area is 150 Å². The average molecular weight is 369 g/mol. The lowest BCUT2D eigenvalue weighted by Crippen LogP contribution is -2.45. The lowest BCUT2D eigenvalue weighted by atomic mass is 10.0. The average Bonchev–Trinajstić information content (AvgIpc) is 2.47. The number of amides is 1. The van der Waals surface area contributed by atoms with E-state index in [-0.39, 0.29) is 17.2 Å². The fraction of sp³-hybridized carbons (Fsp3) is 0.556. The van der Waals surface area contributed by atoms with E-state index in [2.05, 4.69) is 33.0 Å². The molecule has 0 aliphatic heterocycles. The summed E-state index contributed by atoms with van der Waals surface area (Å²) >= 11 is 6.13. The van der Waals surface area contributed by atoms with Gasteiger partial charge in [-0.25, -0.2) is 4.79 Å². The molecule has 134 valence electrons. The van der Waals surface area contributed by atoms with Gasteiger partial charge >= 0.3 is 5.97 Å². The van der Waals surface area contributed by atoms with Crippen molar-refractivity contribution < 1.29 is 14.7 Å². The zero-order valence-electron chi connectivity index (χ0n) is 15.2. The summed E-state index contributed by atoms with van der Waals surface area (Å²) in [6.07, 6.45) is 0. The van der Waals surface area contributed by atoms with Gasteiger partial charge in [0, 0.05) is 12.6 Å². The van der Waals surface area contributed by atoms with Gasteiger partial charge in [0.25, 0.3) is 0 Å². The first-order chi connectivity index (χ1) is 11.0. The topological polar surface area (TPSA) is 66.4 Å². The predicted molar refractivity (Wildman–Crippen MR) is 104 cm³/mol. The van der Waals surface area contributed by atoms with Crippen molar-refractivity contribution in [2.24, 2.45) is 0 Å². The predicted octanol–water partition coefficient (Wildman–Crippen LogP) is 3.92. The van der Waals surface area contributed by atoms with Crippen LogP contribution in [0.3, 0.4) is 0 Å². The van der Waals surface area contributed by atoms with E-state index in [0.717, 1.165) is 11.1 Å². The van der Waals surface area contributed by atoms with Gasteiger partial charge in [0.15, 0.2) is 0 Å². The molecule has 6 heteroatoms. The number of carboxylic acid groups (broad SMARTS) is 1. The van der Waals surface area contributed by atoms with Crippen LogP contribution in [0.1, 0.15) is 51.4 Å². The molecular weight excluding hydrogens is 341 g/mol. The number of aryl methyl sites for hydroxylation is 1. The Morgan fingerprint density at radius 1 is 1.08 bits per heavy atom. The first-order valence-corrected chi connectivity index (χ1v) is 11.2. The van der Waals surface area contributed by atoms with E-state index in [1.165, 1.54) is 6.92 Å². The van der Waals surface area contributed by atoms with Crippen molar-refractivity contribution in [1.82, 2.24) is 5.32 Å². The van der Waals surface area contributed by atoms with Gasteiger partial charge in [-0.3, -0.25) is 4.79 Å². The van der Waals surface area contributed by atoms with Crippen molar-refractivity contribution in [2.45, 2.75) is 64.6 Å². The monoisotopic (exact) mass is 369 g/mol. The highest BCUT2D eigenvalue weighted by Crippen LogP contribution is 2.67. The molecule has 1 amide bonds. The zero-order valence-corrected chi connectivity index (χ0v) is 16.9. The van der Waals surface area contributed by atoms with Crippen molar-refractivity contribution in [3.63, 3.8) is 0 Å². The van der Waals surface area contributed by atoms with E-state index < -0.39 is 23.7 Å². The molecule has 0 fully saturated rings. The van der Waals surface area contributed by atoms with E-state index in [1.54, 1.807) is 0 Å². The number of hydrogen-bond donors (Lipinski definition) is 2. The van der Waals surface area contributed by atoms with Gasteiger partial charge in [0.2, 0.25) is 5.91 Å². The van der Waals surface area contributed by atoms with Gasteiger partial charge in [-0.05, 0) is 29.8 Å². The lowest BCUT2D eigenvalue weighted by Gasteiger charge is -2.41. The van der Waals surface area contributed by atoms with Crippen LogP contribution in [0.2, 0.25) is 0 Å². The Balaban J connectivity index is 3.61. The van der Waals surface area contributed by atoms with Crippen LogP contribution in [-0.2, 0) is 21.4 Å². The second-order valence-electron chi connectivity index (χ2n) is 6.82. The van der Waals surface area contributed by atoms with Crippen LogP contribution in [0.4, 0.5) is 0 Å². The molecular formula is C18H28NO3PS. The van der Waals surface area contributed by atoms with Crippen LogP contribution >= 0.6 is 6.04 Å². The number of aliphatic carboxylic acids is 1. The molecule has 0 spiro atoms. The van der Waals surface area contributed by atoms with E-state index in [4.69, 9.17) is 11.8 Å². The summed E-state index contributed by atoms with van der Waals surface area (Å²) in [5.74, 6) is -1.39. The molecule has 0 heterocycles. The van der Waals surface area contributed by atoms with Gasteiger partial charge < -0.3 is 10.4 Å². The number of rotatable bonds is 7. The third-order valence-corrected chi connectivity index (χ3v) is 12.3. The molecule has 2 unspecified atom stereocenters. The maximum absolute atomic E-state index is 12.0. The maximum atomic E-state index is 12.0. The first kappa shape index (κ1) is 20.9. The second kappa shape index (κ2) is 8.26. The third kappa shape index (κ3) is 4.46. The van der Waals surface area contributed by atoms with Crippen LogP contribution < -0.4 is 5.32 Å². The van der Waals surface area contributed by atoms with Crippen molar-refractivity contribution in [2.75, 3.05) is 0 Å². The molecule has 2 N–H and O–H groups in total. The highest BCUT2D eigenvalue weighted by atomic mass is 32.4. The number of hydrogen-bond acceptors (Lipinski definition) is 3. The Bertz CT molecular complexity index is 628. The molecule has 4 nitrogen and oxygen atoms in total. The normalized spacial score (nSPS) is 14.5. The van der Waals surface area contributed by atoms with E-state index >= 15 is 0 Å². The van der Waals surface area contributed by atoms with Gasteiger partial charge in [-0.2, -0.15) is 0 Å². The molecule has 0 aliphatic carbocycles. The standard InChI is InChI=1S/C18H28NO3PS/c1-11(2)23(24,12(3)4)17(15-9-7-13(5)8-10-15)16(18(21)22)19-14(6)20/h7-12,16-17H,1-6H3,(H,19,20)(H,21,22). The summed E-state index contributed by atoms with van der Waals surface area (Å²) in [7, 11) is 0. The van der Waals surface area contributed by atoms with Gasteiger partial charge in [0.05, 0.1) is 0 Å². The van der Waals surface area contributed by atoms with Crippen LogP contribution in [0.25, 0.3) is 0 Å². The van der Waals surface area contributed by atoms with Crippen molar-refractivity contribution in [3.05, 3.63) is 35.4 Å². The van der Waals surface area contributed by atoms with Crippen LogP contribution in [0.15, 0.2) is 24.3 Å². The quantitative estimate of drug-likeness (QED) is 0.715. The molecule has 0 bridgehead atoms. The Morgan fingerprint density at radius 3 is 1.88 bits per heavy atom. The molecule has 0 aliphatic rings. The number of benzene rings is 1. The van der Waals surface area contributed by atoms with Crippen LogP contribution in [-0.4, -0.2) is 34.3 Å². The maximum Gasteiger partial charge on any atom is 0.327 e. The van der Waals surface area contributed by atoms with E-state index in [9.17, 15) is 14.7 Å². The number of nitrogens with one attached hydrogen (secondary N) is 1. The molecule has 24 heavy (non-hydrogen) atoms. The van der Waals surface area contributed by atoms with Gasteiger partial charge in [-0.1, -0.05) is 69.3 Å². The summed E-state index contributed by atoms with van der Waals surface area (Å²) in [5, 5.41) is 12.4. The minimum atomic E-state index is -2.14. The third-order valence-electron chi connectivity index (χ3n) is 4.41. The molecule has 2 atom stereocenters. The van der Waals surface area contributed by atoms with Gasteiger partial charge in [0.1, 0.15) is 6.04 Å². The molecule has 1 aromatic carbocycles. The van der Waals surface area contributed by atoms with E-state index in [0.29, 0.717) is 0 Å². The molecule has 1 aromatic rings. The SMILES string of the molecule is CC(=O)NC(C(=O)O)C(c1ccc(C)cc1)P(=S)(C(C)C)C(C)C. The summed E-state index contributed by atoms with van der Waals surface area (Å²) in [6.45, 7) is 11.6. The summed E-state index contributed by atoms with van der Waals surface area (Å²) in [6, 6.07) is 4.68. The summed E-state index contributed by atoms with van der Waals surface area (Å²) in [5.41, 5.74) is 1.96. The first-order valence-electron chi connectivity index (χ1n) is 8.17. The van der Waals surface area contributed by atoms with Crippen molar-refractivity contribution >= 4 is 29.7 Å². The van der Waals surface area contributed by atoms with Crippen LogP contribution in [0.5, 0.6) is 0 Å². The summed E-state index contributed by atoms with van der Waals surface area (Å²) < 4.78 is 0. The molecule has 0 saturated heterocycles. The highest BCUT2D eigenvalue weighted by Gasteiger charge is 2.43. The number of carbonyl (C=O) groups excluding carboxylic acids is 1. The smallest absolute Gasteiger partial charge is 0.327 e. The van der Waals surface area contributed by atoms with E-state index in [1.807, 2.05) is 31.2 Å². The molecule has 0 aromatic heterocycles. The van der Waals surface area contributed by atoms with Crippen molar-refractivity contribution in [3.8, 4) is 0 Å².